The Morgan fingerprint density at radius 3 is 2.71 bits per heavy atom. The smallest absolute Gasteiger partial charge is 0.277 e. The lowest BCUT2D eigenvalue weighted by Crippen LogP contribution is -2.13. The van der Waals surface area contributed by atoms with Gasteiger partial charge in [0, 0.05) is 28.4 Å². The average molecular weight is 317 g/mol. The molecule has 1 aromatic carbocycles. The van der Waals surface area contributed by atoms with E-state index in [0.29, 0.717) is 10.2 Å². The largest absolute Gasteiger partial charge is 0.296 e. The molecule has 7 heteroatoms. The van der Waals surface area contributed by atoms with Crippen molar-refractivity contribution in [2.45, 2.75) is 0 Å². The van der Waals surface area contributed by atoms with Crippen LogP contribution >= 0.6 is 22.9 Å². The number of carbonyl (C=O) groups excluding carboxylic acids is 1. The summed E-state index contributed by atoms with van der Waals surface area (Å²) in [7, 11) is 0. The zero-order valence-electron chi connectivity index (χ0n) is 10.7. The Morgan fingerprint density at radius 2 is 2.00 bits per heavy atom. The SMILES string of the molecule is O=C(Nc1nc(-c2ccc(Cl)cc2)cs1)c1cnccn1. The Morgan fingerprint density at radius 1 is 1.19 bits per heavy atom. The first-order chi connectivity index (χ1) is 10.2. The molecule has 0 saturated heterocycles. The van der Waals surface area contributed by atoms with Crippen molar-refractivity contribution in [2.24, 2.45) is 0 Å². The third-order valence-corrected chi connectivity index (χ3v) is 3.67. The molecule has 0 aliphatic rings. The molecular formula is C14H9ClN4OS. The lowest BCUT2D eigenvalue weighted by molar-refractivity contribution is 0.102. The Balaban J connectivity index is 1.76. The molecule has 0 saturated carbocycles. The van der Waals surface area contributed by atoms with Crippen molar-refractivity contribution in [3.8, 4) is 11.3 Å². The molecule has 0 bridgehead atoms. The number of nitrogens with zero attached hydrogens (tertiary/aromatic N) is 3. The van der Waals surface area contributed by atoms with E-state index >= 15 is 0 Å². The van der Waals surface area contributed by atoms with Crippen LogP contribution < -0.4 is 5.32 Å². The molecule has 0 fully saturated rings. The van der Waals surface area contributed by atoms with Gasteiger partial charge < -0.3 is 0 Å². The van der Waals surface area contributed by atoms with Gasteiger partial charge in [-0.25, -0.2) is 9.97 Å². The minimum absolute atomic E-state index is 0.251. The number of hydrogen-bond donors (Lipinski definition) is 1. The number of aromatic nitrogens is 3. The third-order valence-electron chi connectivity index (χ3n) is 2.66. The summed E-state index contributed by atoms with van der Waals surface area (Å²) < 4.78 is 0. The van der Waals surface area contributed by atoms with Crippen molar-refractivity contribution in [3.05, 3.63) is 59.0 Å². The molecule has 0 atom stereocenters. The molecule has 5 nitrogen and oxygen atoms in total. The molecule has 0 spiro atoms. The maximum Gasteiger partial charge on any atom is 0.277 e. The lowest BCUT2D eigenvalue weighted by Gasteiger charge is -1.99. The first kappa shape index (κ1) is 13.7. The highest BCUT2D eigenvalue weighted by Crippen LogP contribution is 2.26. The van der Waals surface area contributed by atoms with Crippen LogP contribution in [-0.2, 0) is 0 Å². The van der Waals surface area contributed by atoms with E-state index in [1.165, 1.54) is 29.9 Å². The topological polar surface area (TPSA) is 67.8 Å². The second-order valence-electron chi connectivity index (χ2n) is 4.09. The van der Waals surface area contributed by atoms with E-state index in [1.807, 2.05) is 17.5 Å². The Hall–Kier alpha value is -2.31. The van der Waals surface area contributed by atoms with Crippen molar-refractivity contribution in [1.29, 1.82) is 0 Å². The van der Waals surface area contributed by atoms with Gasteiger partial charge in [-0.1, -0.05) is 23.7 Å². The van der Waals surface area contributed by atoms with Crippen LogP contribution in [0.3, 0.4) is 0 Å². The van der Waals surface area contributed by atoms with Crippen molar-refractivity contribution >= 4 is 34.0 Å². The minimum atomic E-state index is -0.333. The van der Waals surface area contributed by atoms with Gasteiger partial charge in [0.25, 0.3) is 5.91 Å². The van der Waals surface area contributed by atoms with Crippen molar-refractivity contribution in [2.75, 3.05) is 5.32 Å². The maximum atomic E-state index is 11.9. The lowest BCUT2D eigenvalue weighted by atomic mass is 10.2. The van der Waals surface area contributed by atoms with E-state index in [2.05, 4.69) is 20.3 Å². The minimum Gasteiger partial charge on any atom is -0.296 e. The number of rotatable bonds is 3. The molecule has 104 valence electrons. The fraction of sp³-hybridized carbons (Fsp3) is 0. The Kier molecular flexibility index (Phi) is 3.89. The summed E-state index contributed by atoms with van der Waals surface area (Å²) in [5.74, 6) is -0.333. The highest BCUT2D eigenvalue weighted by Gasteiger charge is 2.11. The highest BCUT2D eigenvalue weighted by molar-refractivity contribution is 7.14. The van der Waals surface area contributed by atoms with Crippen LogP contribution in [0.15, 0.2) is 48.2 Å². The number of amides is 1. The molecule has 0 aliphatic heterocycles. The predicted molar refractivity (Wildman–Crippen MR) is 82.5 cm³/mol. The quantitative estimate of drug-likeness (QED) is 0.803. The molecular weight excluding hydrogens is 308 g/mol. The fourth-order valence-electron chi connectivity index (χ4n) is 1.66. The number of halogens is 1. The number of benzene rings is 1. The van der Waals surface area contributed by atoms with Crippen LogP contribution in [0, 0.1) is 0 Å². The highest BCUT2D eigenvalue weighted by atomic mass is 35.5. The molecule has 3 aromatic rings. The van der Waals surface area contributed by atoms with E-state index in [9.17, 15) is 4.79 Å². The summed E-state index contributed by atoms with van der Waals surface area (Å²) in [4.78, 5) is 24.1. The van der Waals surface area contributed by atoms with Gasteiger partial charge in [0.15, 0.2) is 5.13 Å². The van der Waals surface area contributed by atoms with Gasteiger partial charge >= 0.3 is 0 Å². The van der Waals surface area contributed by atoms with E-state index in [-0.39, 0.29) is 11.6 Å². The molecule has 2 heterocycles. The van der Waals surface area contributed by atoms with Crippen molar-refractivity contribution in [1.82, 2.24) is 15.0 Å². The molecule has 0 aliphatic carbocycles. The van der Waals surface area contributed by atoms with Crippen LogP contribution in [-0.4, -0.2) is 20.9 Å². The molecule has 0 unspecified atom stereocenters. The maximum absolute atomic E-state index is 11.9. The number of hydrogen-bond acceptors (Lipinski definition) is 5. The number of thiazole rings is 1. The standard InChI is InChI=1S/C14H9ClN4OS/c15-10-3-1-9(2-4-10)12-8-21-14(18-12)19-13(20)11-7-16-5-6-17-11/h1-8H,(H,18,19,20). The van der Waals surface area contributed by atoms with Crippen LogP contribution in [0.25, 0.3) is 11.3 Å². The van der Waals surface area contributed by atoms with Gasteiger partial charge in [0.2, 0.25) is 0 Å². The Labute approximate surface area is 129 Å². The second-order valence-corrected chi connectivity index (χ2v) is 5.38. The number of nitrogens with one attached hydrogen (secondary N) is 1. The van der Waals surface area contributed by atoms with Crippen LogP contribution in [0.1, 0.15) is 10.5 Å². The molecule has 3 rings (SSSR count). The van der Waals surface area contributed by atoms with Crippen LogP contribution in [0.2, 0.25) is 5.02 Å². The van der Waals surface area contributed by atoms with E-state index in [4.69, 9.17) is 11.6 Å². The number of carbonyl (C=O) groups is 1. The summed E-state index contributed by atoms with van der Waals surface area (Å²) in [6.07, 6.45) is 4.39. The molecule has 0 radical (unpaired) electrons. The van der Waals surface area contributed by atoms with Gasteiger partial charge in [-0.05, 0) is 12.1 Å². The molecule has 1 N–H and O–H groups in total. The summed E-state index contributed by atoms with van der Waals surface area (Å²) >= 11 is 7.20. The first-order valence-corrected chi connectivity index (χ1v) is 7.27. The first-order valence-electron chi connectivity index (χ1n) is 6.01. The zero-order valence-corrected chi connectivity index (χ0v) is 12.2. The van der Waals surface area contributed by atoms with Gasteiger partial charge in [0.1, 0.15) is 5.69 Å². The fourth-order valence-corrected chi connectivity index (χ4v) is 2.50. The van der Waals surface area contributed by atoms with Crippen LogP contribution in [0.4, 0.5) is 5.13 Å². The second kappa shape index (κ2) is 5.99. The van der Waals surface area contributed by atoms with Gasteiger partial charge in [-0.2, -0.15) is 0 Å². The van der Waals surface area contributed by atoms with Gasteiger partial charge in [0.05, 0.1) is 11.9 Å². The van der Waals surface area contributed by atoms with Gasteiger partial charge in [-0.3, -0.25) is 15.1 Å². The summed E-state index contributed by atoms with van der Waals surface area (Å²) in [5, 5.41) is 5.75. The predicted octanol–water partition coefficient (Wildman–Crippen LogP) is 3.51. The number of anilines is 1. The van der Waals surface area contributed by atoms with E-state index in [0.717, 1.165) is 11.3 Å². The van der Waals surface area contributed by atoms with Crippen molar-refractivity contribution in [3.63, 3.8) is 0 Å². The summed E-state index contributed by atoms with van der Waals surface area (Å²) in [6, 6.07) is 7.36. The molecule has 21 heavy (non-hydrogen) atoms. The zero-order chi connectivity index (χ0) is 14.7. The van der Waals surface area contributed by atoms with Crippen molar-refractivity contribution < 1.29 is 4.79 Å². The summed E-state index contributed by atoms with van der Waals surface area (Å²) in [5.41, 5.74) is 1.97. The van der Waals surface area contributed by atoms with Gasteiger partial charge in [-0.15, -0.1) is 11.3 Å². The van der Waals surface area contributed by atoms with E-state index in [1.54, 1.807) is 12.1 Å². The monoisotopic (exact) mass is 316 g/mol. The van der Waals surface area contributed by atoms with Crippen LogP contribution in [0.5, 0.6) is 0 Å². The third kappa shape index (κ3) is 3.24. The van der Waals surface area contributed by atoms with E-state index < -0.39 is 0 Å². The molecule has 1 amide bonds. The molecule has 2 aromatic heterocycles. The normalized spacial score (nSPS) is 10.3. The average Bonchev–Trinajstić information content (AvgIpc) is 2.97. The Bertz CT molecular complexity index is 758. The summed E-state index contributed by atoms with van der Waals surface area (Å²) in [6.45, 7) is 0.